The number of pyridine rings is 1. The number of amides is 1. The molecule has 1 aliphatic heterocycles. The highest BCUT2D eigenvalue weighted by molar-refractivity contribution is 5.92. The van der Waals surface area contributed by atoms with Crippen LogP contribution in [0.4, 0.5) is 0 Å². The molecule has 4 rings (SSSR count). The van der Waals surface area contributed by atoms with E-state index in [-0.39, 0.29) is 24.2 Å². The Kier molecular flexibility index (Phi) is 3.98. The van der Waals surface area contributed by atoms with Gasteiger partial charge >= 0.3 is 0 Å². The maximum Gasteiger partial charge on any atom is 0.289 e. The van der Waals surface area contributed by atoms with Crippen LogP contribution in [0.5, 0.6) is 5.75 Å². The summed E-state index contributed by atoms with van der Waals surface area (Å²) >= 11 is 0. The van der Waals surface area contributed by atoms with E-state index in [0.29, 0.717) is 18.9 Å². The molecule has 1 saturated heterocycles. The molecule has 6 heteroatoms. The molecule has 1 saturated carbocycles. The first-order valence-electron chi connectivity index (χ1n) is 8.28. The molecular weight excluding hydrogens is 308 g/mol. The second-order valence-electron chi connectivity index (χ2n) is 6.23. The van der Waals surface area contributed by atoms with Gasteiger partial charge in [0, 0.05) is 12.7 Å². The lowest BCUT2D eigenvalue weighted by molar-refractivity contribution is -0.0792. The Morgan fingerprint density at radius 2 is 2.25 bits per heavy atom. The van der Waals surface area contributed by atoms with E-state index in [4.69, 9.17) is 13.9 Å². The first kappa shape index (κ1) is 15.2. The molecule has 6 nitrogen and oxygen atoms in total. The summed E-state index contributed by atoms with van der Waals surface area (Å²) in [5, 5.41) is 0. The molecule has 2 aromatic heterocycles. The average molecular weight is 328 g/mol. The summed E-state index contributed by atoms with van der Waals surface area (Å²) in [6.07, 6.45) is 4.96. The van der Waals surface area contributed by atoms with Gasteiger partial charge in [-0.15, -0.1) is 0 Å². The number of rotatable bonds is 3. The molecule has 1 aliphatic carbocycles. The number of morpholine rings is 1. The third-order valence-corrected chi connectivity index (χ3v) is 4.67. The van der Waals surface area contributed by atoms with Gasteiger partial charge < -0.3 is 18.8 Å². The number of ether oxygens (including phenoxy) is 2. The van der Waals surface area contributed by atoms with Crippen LogP contribution in [0.25, 0.3) is 0 Å². The van der Waals surface area contributed by atoms with E-state index in [2.05, 4.69) is 4.98 Å². The van der Waals surface area contributed by atoms with Gasteiger partial charge in [0.05, 0.1) is 18.8 Å². The summed E-state index contributed by atoms with van der Waals surface area (Å²) in [7, 11) is 0. The Morgan fingerprint density at radius 3 is 3.00 bits per heavy atom. The molecule has 2 fully saturated rings. The van der Waals surface area contributed by atoms with Crippen molar-refractivity contribution in [2.75, 3.05) is 13.2 Å². The van der Waals surface area contributed by atoms with E-state index in [0.717, 1.165) is 24.4 Å². The van der Waals surface area contributed by atoms with Gasteiger partial charge in [-0.25, -0.2) is 0 Å². The minimum absolute atomic E-state index is 0.0262. The van der Waals surface area contributed by atoms with Crippen LogP contribution in [0.2, 0.25) is 0 Å². The zero-order valence-electron chi connectivity index (χ0n) is 13.6. The zero-order valence-corrected chi connectivity index (χ0v) is 13.6. The van der Waals surface area contributed by atoms with E-state index in [1.807, 2.05) is 30.0 Å². The van der Waals surface area contributed by atoms with Crippen LogP contribution in [0.15, 0.2) is 41.1 Å². The predicted molar refractivity (Wildman–Crippen MR) is 85.9 cm³/mol. The van der Waals surface area contributed by atoms with E-state index in [1.54, 1.807) is 18.5 Å². The van der Waals surface area contributed by atoms with Crippen molar-refractivity contribution in [3.05, 3.63) is 48.2 Å². The Labute approximate surface area is 140 Å². The van der Waals surface area contributed by atoms with Crippen LogP contribution in [-0.2, 0) is 4.74 Å². The maximum atomic E-state index is 12.7. The van der Waals surface area contributed by atoms with Crippen molar-refractivity contribution < 1.29 is 18.7 Å². The van der Waals surface area contributed by atoms with Crippen molar-refractivity contribution in [3.8, 4) is 5.75 Å². The Hall–Kier alpha value is -2.34. The lowest BCUT2D eigenvalue weighted by Gasteiger charge is -2.38. The van der Waals surface area contributed by atoms with Gasteiger partial charge in [0.15, 0.2) is 5.76 Å². The Morgan fingerprint density at radius 1 is 1.33 bits per heavy atom. The fourth-order valence-corrected chi connectivity index (χ4v) is 3.58. The van der Waals surface area contributed by atoms with E-state index < -0.39 is 0 Å². The Balaban J connectivity index is 1.49. The molecule has 2 aliphatic rings. The molecule has 24 heavy (non-hydrogen) atoms. The number of hydrogen-bond donors (Lipinski definition) is 0. The molecule has 0 bridgehead atoms. The molecule has 3 atom stereocenters. The first-order valence-corrected chi connectivity index (χ1v) is 8.28. The summed E-state index contributed by atoms with van der Waals surface area (Å²) in [5.74, 6) is 1.80. The molecule has 0 aromatic carbocycles. The summed E-state index contributed by atoms with van der Waals surface area (Å²) in [6.45, 7) is 2.94. The van der Waals surface area contributed by atoms with Crippen molar-refractivity contribution in [1.29, 1.82) is 0 Å². The van der Waals surface area contributed by atoms with Gasteiger partial charge in [-0.3, -0.25) is 9.78 Å². The van der Waals surface area contributed by atoms with Crippen LogP contribution >= 0.6 is 0 Å². The zero-order chi connectivity index (χ0) is 16.5. The van der Waals surface area contributed by atoms with Gasteiger partial charge in [0.2, 0.25) is 0 Å². The van der Waals surface area contributed by atoms with Crippen LogP contribution < -0.4 is 4.74 Å². The SMILES string of the molecule is Cc1ccc(C(=O)N2CCO[C@H]3[C@@H](Oc4cccnc4)CC[C@@H]32)o1. The van der Waals surface area contributed by atoms with Crippen LogP contribution in [0.3, 0.4) is 0 Å². The second-order valence-corrected chi connectivity index (χ2v) is 6.23. The molecule has 0 radical (unpaired) electrons. The molecule has 0 N–H and O–H groups in total. The largest absolute Gasteiger partial charge is 0.486 e. The van der Waals surface area contributed by atoms with Gasteiger partial charge in [-0.05, 0) is 44.0 Å². The predicted octanol–water partition coefficient (Wildman–Crippen LogP) is 2.43. The third-order valence-electron chi connectivity index (χ3n) is 4.67. The molecule has 0 spiro atoms. The van der Waals surface area contributed by atoms with Crippen molar-refractivity contribution >= 4 is 5.91 Å². The summed E-state index contributed by atoms with van der Waals surface area (Å²) in [6, 6.07) is 7.31. The Bertz CT molecular complexity index is 715. The van der Waals surface area contributed by atoms with Gasteiger partial charge in [0.1, 0.15) is 23.7 Å². The van der Waals surface area contributed by atoms with E-state index in [1.165, 1.54) is 0 Å². The summed E-state index contributed by atoms with van der Waals surface area (Å²) in [4.78, 5) is 18.7. The number of hydrogen-bond acceptors (Lipinski definition) is 5. The van der Waals surface area contributed by atoms with Gasteiger partial charge in [-0.2, -0.15) is 0 Å². The van der Waals surface area contributed by atoms with Crippen molar-refractivity contribution in [1.82, 2.24) is 9.88 Å². The molecule has 2 aromatic rings. The first-order chi connectivity index (χ1) is 11.7. The topological polar surface area (TPSA) is 64.8 Å². The number of nitrogens with zero attached hydrogens (tertiary/aromatic N) is 2. The van der Waals surface area contributed by atoms with Gasteiger partial charge in [-0.1, -0.05) is 0 Å². The fraction of sp³-hybridized carbons (Fsp3) is 0.444. The van der Waals surface area contributed by atoms with Crippen molar-refractivity contribution in [2.24, 2.45) is 0 Å². The number of carbonyl (C=O) groups excluding carboxylic acids is 1. The smallest absolute Gasteiger partial charge is 0.289 e. The average Bonchev–Trinajstić information content (AvgIpc) is 3.22. The highest BCUT2D eigenvalue weighted by Gasteiger charge is 2.46. The highest BCUT2D eigenvalue weighted by atomic mass is 16.5. The molecule has 0 unspecified atom stereocenters. The number of aromatic nitrogens is 1. The quantitative estimate of drug-likeness (QED) is 0.866. The minimum Gasteiger partial charge on any atom is -0.486 e. The summed E-state index contributed by atoms with van der Waals surface area (Å²) in [5.41, 5.74) is 0. The maximum absolute atomic E-state index is 12.7. The number of aryl methyl sites for hydroxylation is 1. The van der Waals surface area contributed by atoms with Crippen molar-refractivity contribution in [2.45, 2.75) is 38.0 Å². The third kappa shape index (κ3) is 2.78. The molecular formula is C18H20N2O4. The standard InChI is InChI=1S/C18H20N2O4/c1-12-4-6-16(23-12)18(21)20-9-10-22-17-14(20)5-7-15(17)24-13-3-2-8-19-11-13/h2-4,6,8,11,14-15,17H,5,7,9-10H2,1H3/t14-,15-,17+/m0/s1. The van der Waals surface area contributed by atoms with Crippen LogP contribution in [0, 0.1) is 6.92 Å². The molecule has 1 amide bonds. The normalized spacial score (nSPS) is 26.2. The van der Waals surface area contributed by atoms with Crippen LogP contribution in [0.1, 0.15) is 29.2 Å². The van der Waals surface area contributed by atoms with Crippen LogP contribution in [-0.4, -0.2) is 47.2 Å². The van der Waals surface area contributed by atoms with Crippen molar-refractivity contribution in [3.63, 3.8) is 0 Å². The molecule has 3 heterocycles. The lowest BCUT2D eigenvalue weighted by atomic mass is 10.1. The number of furan rings is 1. The second kappa shape index (κ2) is 6.28. The monoisotopic (exact) mass is 328 g/mol. The van der Waals surface area contributed by atoms with Gasteiger partial charge in [0.25, 0.3) is 5.91 Å². The number of carbonyl (C=O) groups is 1. The lowest BCUT2D eigenvalue weighted by Crippen LogP contribution is -2.54. The van der Waals surface area contributed by atoms with E-state index >= 15 is 0 Å². The highest BCUT2D eigenvalue weighted by Crippen LogP contribution is 2.33. The molecule has 126 valence electrons. The van der Waals surface area contributed by atoms with E-state index in [9.17, 15) is 4.79 Å². The summed E-state index contributed by atoms with van der Waals surface area (Å²) < 4.78 is 17.5. The fourth-order valence-electron chi connectivity index (χ4n) is 3.58. The number of fused-ring (bicyclic) bond motifs is 1. The minimum atomic E-state index is -0.112.